The summed E-state index contributed by atoms with van der Waals surface area (Å²) in [6.07, 6.45) is 3.56. The third-order valence-corrected chi connectivity index (χ3v) is 6.79. The molecule has 1 saturated heterocycles. The molecule has 0 aliphatic carbocycles. The van der Waals surface area contributed by atoms with Gasteiger partial charge in [0.25, 0.3) is 0 Å². The monoisotopic (exact) mass is 383 g/mol. The number of carboxylic acids is 1. The number of hydrogen-bond acceptors (Lipinski definition) is 5. The Morgan fingerprint density at radius 3 is 2.68 bits per heavy atom. The van der Waals surface area contributed by atoms with E-state index in [1.165, 1.54) is 23.9 Å². The molecule has 7 nitrogen and oxygen atoms in total. The van der Waals surface area contributed by atoms with Gasteiger partial charge in [-0.15, -0.1) is 11.3 Å². The smallest absolute Gasteiger partial charge is 0.352 e. The second-order valence-corrected chi connectivity index (χ2v) is 8.85. The van der Waals surface area contributed by atoms with Crippen molar-refractivity contribution in [3.63, 3.8) is 0 Å². The van der Waals surface area contributed by atoms with Gasteiger partial charge in [0.05, 0.1) is 6.04 Å². The largest absolute Gasteiger partial charge is 0.477 e. The van der Waals surface area contributed by atoms with Crippen molar-refractivity contribution in [3.05, 3.63) is 40.3 Å². The molecule has 3 rings (SSSR count). The summed E-state index contributed by atoms with van der Waals surface area (Å²) in [5, 5.41) is 11.1. The predicted octanol–water partition coefficient (Wildman–Crippen LogP) is 1.90. The fraction of sp³-hybridized carbons (Fsp3) is 0.438. The van der Waals surface area contributed by atoms with Crippen LogP contribution in [0.3, 0.4) is 0 Å². The number of aryl methyl sites for hydroxylation is 1. The van der Waals surface area contributed by atoms with E-state index in [1.54, 1.807) is 11.3 Å². The van der Waals surface area contributed by atoms with E-state index in [4.69, 9.17) is 5.11 Å². The van der Waals surface area contributed by atoms with Gasteiger partial charge in [-0.1, -0.05) is 6.07 Å². The number of carbonyl (C=O) groups is 1. The Morgan fingerprint density at radius 2 is 2.12 bits per heavy atom. The average molecular weight is 383 g/mol. The molecule has 1 fully saturated rings. The summed E-state index contributed by atoms with van der Waals surface area (Å²) >= 11 is 1.62. The maximum absolute atomic E-state index is 12.6. The van der Waals surface area contributed by atoms with Crippen LogP contribution in [0.4, 0.5) is 0 Å². The number of aromatic carboxylic acids is 1. The van der Waals surface area contributed by atoms with Crippen molar-refractivity contribution in [2.45, 2.75) is 23.8 Å². The van der Waals surface area contributed by atoms with Gasteiger partial charge >= 0.3 is 5.97 Å². The lowest BCUT2D eigenvalue weighted by Crippen LogP contribution is -2.36. The van der Waals surface area contributed by atoms with Gasteiger partial charge in [0, 0.05) is 24.7 Å². The minimum absolute atomic E-state index is 0.0000635. The summed E-state index contributed by atoms with van der Waals surface area (Å²) in [4.78, 5) is 14.5. The van der Waals surface area contributed by atoms with Crippen molar-refractivity contribution in [3.8, 4) is 0 Å². The number of hydrogen-bond donors (Lipinski definition) is 2. The number of carboxylic acid groups (broad SMARTS) is 1. The molecule has 0 unspecified atom stereocenters. The number of rotatable bonds is 7. The molecule has 1 aliphatic rings. The van der Waals surface area contributed by atoms with E-state index in [1.807, 2.05) is 17.5 Å². The Morgan fingerprint density at radius 1 is 1.40 bits per heavy atom. The number of sulfonamides is 1. The lowest BCUT2D eigenvalue weighted by molar-refractivity contribution is 0.0686. The predicted molar refractivity (Wildman–Crippen MR) is 95.4 cm³/mol. The third kappa shape index (κ3) is 3.95. The zero-order valence-corrected chi connectivity index (χ0v) is 15.5. The highest BCUT2D eigenvalue weighted by Gasteiger charge is 2.27. The highest BCUT2D eigenvalue weighted by molar-refractivity contribution is 7.89. The van der Waals surface area contributed by atoms with Gasteiger partial charge in [-0.05, 0) is 43.4 Å². The Balaban J connectivity index is 1.77. The van der Waals surface area contributed by atoms with Crippen LogP contribution in [-0.2, 0) is 17.1 Å². The van der Waals surface area contributed by atoms with Crippen LogP contribution >= 0.6 is 11.3 Å². The highest BCUT2D eigenvalue weighted by atomic mass is 32.2. The van der Waals surface area contributed by atoms with Crippen molar-refractivity contribution < 1.29 is 18.3 Å². The molecule has 0 saturated carbocycles. The minimum Gasteiger partial charge on any atom is -0.477 e. The van der Waals surface area contributed by atoms with E-state index in [0.717, 1.165) is 30.8 Å². The number of nitrogens with one attached hydrogen (secondary N) is 1. The van der Waals surface area contributed by atoms with E-state index in [9.17, 15) is 13.2 Å². The molecule has 0 spiro atoms. The normalized spacial score (nSPS) is 17.0. The maximum atomic E-state index is 12.6. The fourth-order valence-electron chi connectivity index (χ4n) is 3.11. The first-order valence-corrected chi connectivity index (χ1v) is 10.4. The van der Waals surface area contributed by atoms with Gasteiger partial charge in [0.2, 0.25) is 10.0 Å². The maximum Gasteiger partial charge on any atom is 0.352 e. The van der Waals surface area contributed by atoms with Crippen molar-refractivity contribution in [2.24, 2.45) is 7.05 Å². The quantitative estimate of drug-likeness (QED) is 0.762. The summed E-state index contributed by atoms with van der Waals surface area (Å²) in [6, 6.07) is 5.17. The van der Waals surface area contributed by atoms with Crippen molar-refractivity contribution >= 4 is 27.3 Å². The lowest BCUT2D eigenvalue weighted by atomic mass is 10.2. The molecule has 2 N–H and O–H groups in total. The Labute approximate surface area is 150 Å². The van der Waals surface area contributed by atoms with Crippen LogP contribution in [0.1, 0.15) is 34.2 Å². The van der Waals surface area contributed by atoms with Crippen molar-refractivity contribution in [1.29, 1.82) is 0 Å². The first-order valence-electron chi connectivity index (χ1n) is 8.05. The molecule has 1 aliphatic heterocycles. The van der Waals surface area contributed by atoms with Gasteiger partial charge in [-0.25, -0.2) is 17.9 Å². The van der Waals surface area contributed by atoms with Gasteiger partial charge in [0.15, 0.2) is 0 Å². The Kier molecular flexibility index (Phi) is 5.28. The van der Waals surface area contributed by atoms with Crippen LogP contribution in [0.2, 0.25) is 0 Å². The highest BCUT2D eigenvalue weighted by Crippen LogP contribution is 2.28. The molecule has 0 amide bonds. The number of aromatic nitrogens is 1. The number of nitrogens with zero attached hydrogens (tertiary/aromatic N) is 2. The van der Waals surface area contributed by atoms with Crippen molar-refractivity contribution in [2.75, 3.05) is 19.6 Å². The second kappa shape index (κ2) is 7.28. The Bertz CT molecular complexity index is 837. The van der Waals surface area contributed by atoms with E-state index in [2.05, 4.69) is 9.62 Å². The Hall–Kier alpha value is -1.68. The molecular weight excluding hydrogens is 362 g/mol. The van der Waals surface area contributed by atoms with Crippen molar-refractivity contribution in [1.82, 2.24) is 14.2 Å². The zero-order chi connectivity index (χ0) is 18.0. The van der Waals surface area contributed by atoms with Crippen LogP contribution in [0.25, 0.3) is 0 Å². The molecule has 1 atom stereocenters. The molecule has 0 radical (unpaired) electrons. The molecule has 9 heteroatoms. The first kappa shape index (κ1) is 18.1. The molecule has 2 aromatic heterocycles. The van der Waals surface area contributed by atoms with Crippen LogP contribution in [0, 0.1) is 0 Å². The molecular formula is C16H21N3O4S2. The van der Waals surface area contributed by atoms with Crippen LogP contribution in [0.15, 0.2) is 34.7 Å². The lowest BCUT2D eigenvalue weighted by Gasteiger charge is -2.26. The third-order valence-electron chi connectivity index (χ3n) is 4.43. The van der Waals surface area contributed by atoms with Gasteiger partial charge in [-0.2, -0.15) is 0 Å². The first-order chi connectivity index (χ1) is 11.9. The SMILES string of the molecule is Cn1cc(S(=O)(=O)NC[C@H](c2cccs2)N2CCCC2)cc1C(=O)O. The van der Waals surface area contributed by atoms with Crippen LogP contribution < -0.4 is 4.72 Å². The molecule has 25 heavy (non-hydrogen) atoms. The summed E-state index contributed by atoms with van der Waals surface area (Å²) in [5.74, 6) is -1.16. The molecule has 136 valence electrons. The van der Waals surface area contributed by atoms with Crippen LogP contribution in [-0.4, -0.2) is 48.6 Å². The van der Waals surface area contributed by atoms with Gasteiger partial charge in [0.1, 0.15) is 10.6 Å². The van der Waals surface area contributed by atoms with E-state index in [0.29, 0.717) is 0 Å². The molecule has 0 bridgehead atoms. The molecule has 0 aromatic carbocycles. The summed E-state index contributed by atoms with van der Waals surface area (Å²) in [6.45, 7) is 2.18. The van der Waals surface area contributed by atoms with Crippen LogP contribution in [0.5, 0.6) is 0 Å². The second-order valence-electron chi connectivity index (χ2n) is 6.10. The van der Waals surface area contributed by atoms with E-state index >= 15 is 0 Å². The van der Waals surface area contributed by atoms with Gasteiger partial charge in [-0.3, -0.25) is 4.90 Å². The van der Waals surface area contributed by atoms with Gasteiger partial charge < -0.3 is 9.67 Å². The zero-order valence-electron chi connectivity index (χ0n) is 13.9. The van der Waals surface area contributed by atoms with E-state index in [-0.39, 0.29) is 23.2 Å². The number of thiophene rings is 1. The average Bonchev–Trinajstić information content (AvgIpc) is 3.28. The minimum atomic E-state index is -3.77. The summed E-state index contributed by atoms with van der Waals surface area (Å²) < 4.78 is 29.1. The summed E-state index contributed by atoms with van der Waals surface area (Å²) in [7, 11) is -2.25. The molecule has 2 aromatic rings. The fourth-order valence-corrected chi connectivity index (χ4v) is 5.08. The number of likely N-dealkylation sites (tertiary alicyclic amines) is 1. The molecule has 3 heterocycles. The standard InChI is InChI=1S/C16H21N3O4S2/c1-18-11-12(9-13(18)16(20)21)25(22,23)17-10-14(15-5-4-8-24-15)19-6-2-3-7-19/h4-5,8-9,11,14,17H,2-3,6-7,10H2,1H3,(H,20,21)/t14-/m1/s1. The summed E-state index contributed by atoms with van der Waals surface area (Å²) in [5.41, 5.74) is -0.0604. The van der Waals surface area contributed by atoms with E-state index < -0.39 is 16.0 Å². The topological polar surface area (TPSA) is 91.6 Å².